The van der Waals surface area contributed by atoms with Crippen LogP contribution >= 0.6 is 0 Å². The van der Waals surface area contributed by atoms with Crippen molar-refractivity contribution in [3.05, 3.63) is 101 Å². The second kappa shape index (κ2) is 9.11. The summed E-state index contributed by atoms with van der Waals surface area (Å²) in [4.78, 5) is 2.59. The van der Waals surface area contributed by atoms with E-state index in [1.54, 1.807) is 7.11 Å². The predicted molar refractivity (Wildman–Crippen MR) is 129 cm³/mol. The topological polar surface area (TPSA) is 12.5 Å². The molecule has 2 nitrogen and oxygen atoms in total. The van der Waals surface area contributed by atoms with Crippen LogP contribution in [0.15, 0.2) is 72.8 Å². The van der Waals surface area contributed by atoms with Crippen LogP contribution in [0.2, 0.25) is 0 Å². The number of rotatable bonds is 6. The Morgan fingerprint density at radius 1 is 0.806 bits per heavy atom. The average Bonchev–Trinajstić information content (AvgIpc) is 3.36. The molecular weight excluding hydrogens is 378 g/mol. The molecule has 0 amide bonds. The molecule has 2 aliphatic rings. The highest BCUT2D eigenvalue weighted by Crippen LogP contribution is 2.41. The third kappa shape index (κ3) is 4.31. The standard InChI is InChI=1S/C29H31NO/c1-31-26-14-16-28-25(21-26)13-15-27(23-7-3-2-4-8-23)29(28)24-11-9-22(10-12-24)17-20-30-18-5-6-19-30/h2-4,7-12,14,16,21H,5-6,13,15,17-20H2,1H3. The van der Waals surface area contributed by atoms with Crippen LogP contribution in [0.5, 0.6) is 5.75 Å². The van der Waals surface area contributed by atoms with Gasteiger partial charge in [0, 0.05) is 6.54 Å². The predicted octanol–water partition coefficient (Wildman–Crippen LogP) is 6.24. The highest BCUT2D eigenvalue weighted by molar-refractivity contribution is 6.00. The molecule has 0 atom stereocenters. The van der Waals surface area contributed by atoms with Gasteiger partial charge in [-0.05, 0) is 96.3 Å². The van der Waals surface area contributed by atoms with Crippen molar-refractivity contribution < 1.29 is 4.74 Å². The molecule has 31 heavy (non-hydrogen) atoms. The van der Waals surface area contributed by atoms with E-state index in [9.17, 15) is 0 Å². The first kappa shape index (κ1) is 20.1. The van der Waals surface area contributed by atoms with E-state index < -0.39 is 0 Å². The number of nitrogens with zero attached hydrogens (tertiary/aromatic N) is 1. The van der Waals surface area contributed by atoms with Gasteiger partial charge in [0.1, 0.15) is 5.75 Å². The number of aryl methyl sites for hydroxylation is 1. The number of benzene rings is 3. The highest BCUT2D eigenvalue weighted by atomic mass is 16.5. The van der Waals surface area contributed by atoms with E-state index in [2.05, 4.69) is 77.7 Å². The molecule has 1 aliphatic carbocycles. The van der Waals surface area contributed by atoms with Gasteiger partial charge in [-0.25, -0.2) is 0 Å². The lowest BCUT2D eigenvalue weighted by Crippen LogP contribution is -2.21. The lowest BCUT2D eigenvalue weighted by molar-refractivity contribution is 0.343. The van der Waals surface area contributed by atoms with Gasteiger partial charge >= 0.3 is 0 Å². The van der Waals surface area contributed by atoms with Gasteiger partial charge < -0.3 is 9.64 Å². The molecule has 1 saturated heterocycles. The van der Waals surface area contributed by atoms with Crippen molar-refractivity contribution in [3.63, 3.8) is 0 Å². The van der Waals surface area contributed by atoms with Crippen LogP contribution in [-0.2, 0) is 12.8 Å². The molecule has 1 fully saturated rings. The lowest BCUT2D eigenvalue weighted by Gasteiger charge is -2.25. The SMILES string of the molecule is COc1ccc2c(c1)CCC(c1ccccc1)=C2c1ccc(CCN2CCCC2)cc1. The fourth-order valence-electron chi connectivity index (χ4n) is 5.08. The molecular formula is C29H31NO. The number of hydrogen-bond donors (Lipinski definition) is 0. The lowest BCUT2D eigenvalue weighted by atomic mass is 9.79. The molecule has 5 rings (SSSR count). The Morgan fingerprint density at radius 2 is 1.58 bits per heavy atom. The second-order valence-corrected chi connectivity index (χ2v) is 8.74. The number of fused-ring (bicyclic) bond motifs is 1. The Balaban J connectivity index is 1.50. The Bertz CT molecular complexity index is 1060. The molecule has 0 aromatic heterocycles. The van der Waals surface area contributed by atoms with Crippen LogP contribution in [0.3, 0.4) is 0 Å². The van der Waals surface area contributed by atoms with Crippen LogP contribution in [0.25, 0.3) is 11.1 Å². The highest BCUT2D eigenvalue weighted by Gasteiger charge is 2.22. The number of ether oxygens (including phenoxy) is 1. The van der Waals surface area contributed by atoms with E-state index in [0.717, 1.165) is 25.0 Å². The molecule has 158 valence electrons. The molecule has 0 radical (unpaired) electrons. The summed E-state index contributed by atoms with van der Waals surface area (Å²) in [5.41, 5.74) is 9.63. The second-order valence-electron chi connectivity index (χ2n) is 8.74. The molecule has 0 spiro atoms. The summed E-state index contributed by atoms with van der Waals surface area (Å²) in [5.74, 6) is 0.943. The van der Waals surface area contributed by atoms with Gasteiger partial charge in [-0.1, -0.05) is 60.7 Å². The fourth-order valence-corrected chi connectivity index (χ4v) is 5.08. The Morgan fingerprint density at radius 3 is 2.32 bits per heavy atom. The molecule has 0 unspecified atom stereocenters. The van der Waals surface area contributed by atoms with Crippen molar-refractivity contribution in [1.82, 2.24) is 4.90 Å². The van der Waals surface area contributed by atoms with Crippen molar-refractivity contribution in [2.45, 2.75) is 32.1 Å². The quantitative estimate of drug-likeness (QED) is 0.478. The van der Waals surface area contributed by atoms with Gasteiger partial charge in [0.25, 0.3) is 0 Å². The smallest absolute Gasteiger partial charge is 0.119 e. The maximum atomic E-state index is 5.50. The molecule has 2 heteroatoms. The number of likely N-dealkylation sites (tertiary alicyclic amines) is 1. The van der Waals surface area contributed by atoms with Crippen LogP contribution in [0, 0.1) is 0 Å². The number of methoxy groups -OCH3 is 1. The summed E-state index contributed by atoms with van der Waals surface area (Å²) in [5, 5.41) is 0. The third-order valence-electron chi connectivity index (χ3n) is 6.81. The minimum absolute atomic E-state index is 0.943. The first-order valence-electron chi connectivity index (χ1n) is 11.6. The van der Waals surface area contributed by atoms with Gasteiger partial charge in [-0.3, -0.25) is 0 Å². The van der Waals surface area contributed by atoms with Crippen LogP contribution in [0.1, 0.15) is 47.1 Å². The molecule has 3 aromatic rings. The Labute approximate surface area is 186 Å². The zero-order valence-corrected chi connectivity index (χ0v) is 18.4. The molecule has 0 bridgehead atoms. The summed E-state index contributed by atoms with van der Waals surface area (Å²) in [7, 11) is 1.75. The van der Waals surface area contributed by atoms with E-state index in [1.807, 2.05) is 0 Å². The zero-order valence-electron chi connectivity index (χ0n) is 18.4. The van der Waals surface area contributed by atoms with Crippen molar-refractivity contribution in [3.8, 4) is 5.75 Å². The van der Waals surface area contributed by atoms with Crippen molar-refractivity contribution >= 4 is 11.1 Å². The number of allylic oxidation sites excluding steroid dienone is 1. The summed E-state index contributed by atoms with van der Waals surface area (Å²) >= 11 is 0. The molecule has 1 heterocycles. The summed E-state index contributed by atoms with van der Waals surface area (Å²) in [6.07, 6.45) is 5.96. The summed E-state index contributed by atoms with van der Waals surface area (Å²) in [6, 6.07) is 26.7. The van der Waals surface area contributed by atoms with Gasteiger partial charge in [0.15, 0.2) is 0 Å². The molecule has 3 aromatic carbocycles. The minimum atomic E-state index is 0.943. The van der Waals surface area contributed by atoms with Gasteiger partial charge in [-0.2, -0.15) is 0 Å². The zero-order chi connectivity index (χ0) is 21.0. The first-order chi connectivity index (χ1) is 15.3. The van der Waals surface area contributed by atoms with Crippen LogP contribution < -0.4 is 4.74 Å². The molecule has 0 N–H and O–H groups in total. The van der Waals surface area contributed by atoms with E-state index in [1.165, 1.54) is 71.4 Å². The maximum Gasteiger partial charge on any atom is 0.119 e. The monoisotopic (exact) mass is 409 g/mol. The number of hydrogen-bond acceptors (Lipinski definition) is 2. The largest absolute Gasteiger partial charge is 0.497 e. The molecule has 0 saturated carbocycles. The van der Waals surface area contributed by atoms with Crippen molar-refractivity contribution in [1.29, 1.82) is 0 Å². The van der Waals surface area contributed by atoms with Crippen molar-refractivity contribution in [2.24, 2.45) is 0 Å². The van der Waals surface area contributed by atoms with Gasteiger partial charge in [0.05, 0.1) is 7.11 Å². The minimum Gasteiger partial charge on any atom is -0.497 e. The van der Waals surface area contributed by atoms with E-state index >= 15 is 0 Å². The summed E-state index contributed by atoms with van der Waals surface area (Å²) < 4.78 is 5.50. The van der Waals surface area contributed by atoms with Gasteiger partial charge in [-0.15, -0.1) is 0 Å². The van der Waals surface area contributed by atoms with E-state index in [-0.39, 0.29) is 0 Å². The Kier molecular flexibility index (Phi) is 5.90. The van der Waals surface area contributed by atoms with Crippen LogP contribution in [-0.4, -0.2) is 31.6 Å². The third-order valence-corrected chi connectivity index (χ3v) is 6.81. The average molecular weight is 410 g/mol. The van der Waals surface area contributed by atoms with E-state index in [0.29, 0.717) is 0 Å². The first-order valence-corrected chi connectivity index (χ1v) is 11.6. The van der Waals surface area contributed by atoms with E-state index in [4.69, 9.17) is 4.74 Å². The maximum absolute atomic E-state index is 5.50. The van der Waals surface area contributed by atoms with Gasteiger partial charge in [0.2, 0.25) is 0 Å². The van der Waals surface area contributed by atoms with Crippen LogP contribution in [0.4, 0.5) is 0 Å². The summed E-state index contributed by atoms with van der Waals surface area (Å²) in [6.45, 7) is 3.72. The Hall–Kier alpha value is -2.84. The molecule has 1 aliphatic heterocycles. The van der Waals surface area contributed by atoms with Crippen molar-refractivity contribution in [2.75, 3.05) is 26.7 Å². The normalized spacial score (nSPS) is 16.4. The fraction of sp³-hybridized carbons (Fsp3) is 0.310.